The van der Waals surface area contributed by atoms with Crippen LogP contribution < -0.4 is 9.47 Å². The lowest BCUT2D eigenvalue weighted by Gasteiger charge is -2.15. The van der Waals surface area contributed by atoms with Gasteiger partial charge in [0.1, 0.15) is 6.61 Å². The van der Waals surface area contributed by atoms with Crippen LogP contribution in [0.1, 0.15) is 16.7 Å². The molecule has 5 aromatic rings. The molecule has 0 atom stereocenters. The molecular weight excluding hydrogens is 586 g/mol. The first-order valence-corrected chi connectivity index (χ1v) is 14.3. The molecule has 0 aliphatic carbocycles. The zero-order chi connectivity index (χ0) is 27.6. The highest BCUT2D eigenvalue weighted by Gasteiger charge is 2.35. The summed E-state index contributed by atoms with van der Waals surface area (Å²) in [5, 5.41) is 4.14. The highest BCUT2D eigenvalue weighted by Crippen LogP contribution is 2.40. The first kappa shape index (κ1) is 26.2. The van der Waals surface area contributed by atoms with E-state index in [4.69, 9.17) is 9.47 Å². The van der Waals surface area contributed by atoms with Crippen LogP contribution in [0.25, 0.3) is 27.6 Å². The molecule has 7 heteroatoms. The SMILES string of the molecule is COc1cc(/C=C2/SC(=O)N(Cc3cccc4ccccc34)C2=O)cc(Br)c1OCc1ccc2ccccc2c1. The number of amides is 2. The van der Waals surface area contributed by atoms with Crippen molar-refractivity contribution in [3.8, 4) is 11.5 Å². The molecule has 5 aromatic carbocycles. The van der Waals surface area contributed by atoms with Crippen molar-refractivity contribution in [3.05, 3.63) is 123 Å². The van der Waals surface area contributed by atoms with E-state index in [0.29, 0.717) is 27.5 Å². The van der Waals surface area contributed by atoms with E-state index in [2.05, 4.69) is 40.2 Å². The van der Waals surface area contributed by atoms with Crippen LogP contribution in [0.15, 0.2) is 106 Å². The van der Waals surface area contributed by atoms with E-state index in [9.17, 15) is 9.59 Å². The van der Waals surface area contributed by atoms with Crippen LogP contribution in [0, 0.1) is 0 Å². The average molecular weight is 611 g/mol. The van der Waals surface area contributed by atoms with Crippen LogP contribution in [-0.2, 0) is 17.9 Å². The minimum Gasteiger partial charge on any atom is -0.493 e. The predicted molar refractivity (Wildman–Crippen MR) is 164 cm³/mol. The second-order valence-corrected chi connectivity index (χ2v) is 11.3. The molecule has 198 valence electrons. The molecule has 1 heterocycles. The highest BCUT2D eigenvalue weighted by atomic mass is 79.9. The zero-order valence-corrected chi connectivity index (χ0v) is 24.0. The Bertz CT molecular complexity index is 1810. The Kier molecular flexibility index (Phi) is 7.32. The molecule has 0 bridgehead atoms. The maximum absolute atomic E-state index is 13.3. The summed E-state index contributed by atoms with van der Waals surface area (Å²) in [6.07, 6.45) is 1.72. The summed E-state index contributed by atoms with van der Waals surface area (Å²) in [5.74, 6) is 0.780. The van der Waals surface area contributed by atoms with Gasteiger partial charge in [0.2, 0.25) is 0 Å². The predicted octanol–water partition coefficient (Wildman–Crippen LogP) is 8.58. The van der Waals surface area contributed by atoms with Gasteiger partial charge in [-0.1, -0.05) is 78.9 Å². The van der Waals surface area contributed by atoms with Gasteiger partial charge in [0, 0.05) is 0 Å². The van der Waals surface area contributed by atoms with Crippen molar-refractivity contribution in [1.82, 2.24) is 4.90 Å². The van der Waals surface area contributed by atoms with Gasteiger partial charge >= 0.3 is 0 Å². The van der Waals surface area contributed by atoms with Crippen molar-refractivity contribution in [2.24, 2.45) is 0 Å². The quantitative estimate of drug-likeness (QED) is 0.173. The largest absolute Gasteiger partial charge is 0.493 e. The standard InChI is InChI=1S/C33H24BrNO4S/c1-38-29-17-22(16-28(34)31(29)39-20-21-13-14-23-7-2-3-9-25(23)15-21)18-30-32(36)35(33(37)40-30)19-26-11-6-10-24-8-4-5-12-27(24)26/h2-18H,19-20H2,1H3/b30-18+. The molecule has 0 unspecified atom stereocenters. The molecule has 0 spiro atoms. The Morgan fingerprint density at radius 2 is 1.60 bits per heavy atom. The van der Waals surface area contributed by atoms with Crippen molar-refractivity contribution in [2.75, 3.05) is 7.11 Å². The lowest BCUT2D eigenvalue weighted by Crippen LogP contribution is -2.27. The summed E-state index contributed by atoms with van der Waals surface area (Å²) in [7, 11) is 1.58. The van der Waals surface area contributed by atoms with Gasteiger partial charge in [0.25, 0.3) is 11.1 Å². The van der Waals surface area contributed by atoms with E-state index < -0.39 is 0 Å². The highest BCUT2D eigenvalue weighted by molar-refractivity contribution is 9.10. The second-order valence-electron chi connectivity index (χ2n) is 9.41. The number of methoxy groups -OCH3 is 1. The smallest absolute Gasteiger partial charge is 0.293 e. The van der Waals surface area contributed by atoms with Gasteiger partial charge in [0.05, 0.1) is 23.0 Å². The van der Waals surface area contributed by atoms with E-state index in [0.717, 1.165) is 44.6 Å². The van der Waals surface area contributed by atoms with Crippen LogP contribution in [0.5, 0.6) is 11.5 Å². The number of fused-ring (bicyclic) bond motifs is 2. The average Bonchev–Trinajstić information content (AvgIpc) is 3.23. The molecule has 6 rings (SSSR count). The summed E-state index contributed by atoms with van der Waals surface area (Å²) in [5.41, 5.74) is 2.69. The van der Waals surface area contributed by atoms with Crippen molar-refractivity contribution in [2.45, 2.75) is 13.2 Å². The van der Waals surface area contributed by atoms with Gasteiger partial charge in [-0.3, -0.25) is 14.5 Å². The van der Waals surface area contributed by atoms with E-state index >= 15 is 0 Å². The van der Waals surface area contributed by atoms with E-state index in [-0.39, 0.29) is 17.7 Å². The summed E-state index contributed by atoms with van der Waals surface area (Å²) in [6, 6.07) is 32.0. The maximum atomic E-state index is 13.3. The number of rotatable bonds is 7. The monoisotopic (exact) mass is 609 g/mol. The summed E-state index contributed by atoms with van der Waals surface area (Å²) in [4.78, 5) is 27.8. The number of hydrogen-bond donors (Lipinski definition) is 0. The molecule has 2 amide bonds. The Morgan fingerprint density at radius 1 is 0.850 bits per heavy atom. The van der Waals surface area contributed by atoms with Crippen LogP contribution >= 0.6 is 27.7 Å². The van der Waals surface area contributed by atoms with Crippen molar-refractivity contribution < 1.29 is 19.1 Å². The summed E-state index contributed by atoms with van der Waals surface area (Å²) in [6.45, 7) is 0.587. The van der Waals surface area contributed by atoms with Crippen LogP contribution in [-0.4, -0.2) is 23.2 Å². The molecule has 40 heavy (non-hydrogen) atoms. The molecule has 0 N–H and O–H groups in total. The molecule has 0 saturated carbocycles. The van der Waals surface area contributed by atoms with Crippen molar-refractivity contribution >= 4 is 66.5 Å². The number of nitrogens with zero attached hydrogens (tertiary/aromatic N) is 1. The number of hydrogen-bond acceptors (Lipinski definition) is 5. The van der Waals surface area contributed by atoms with E-state index in [1.807, 2.05) is 66.7 Å². The number of benzene rings is 5. The number of imide groups is 1. The fraction of sp³-hybridized carbons (Fsp3) is 0.0909. The normalized spacial score (nSPS) is 14.4. The minimum atomic E-state index is -0.311. The molecule has 0 aromatic heterocycles. The number of halogens is 1. The zero-order valence-electron chi connectivity index (χ0n) is 21.6. The Labute approximate surface area is 244 Å². The third kappa shape index (κ3) is 5.22. The Balaban J connectivity index is 1.21. The number of thioether (sulfide) groups is 1. The topological polar surface area (TPSA) is 55.8 Å². The van der Waals surface area contributed by atoms with Crippen LogP contribution in [0.2, 0.25) is 0 Å². The molecule has 1 saturated heterocycles. The number of carbonyl (C=O) groups is 2. The van der Waals surface area contributed by atoms with E-state index in [1.165, 1.54) is 10.3 Å². The summed E-state index contributed by atoms with van der Waals surface area (Å²) >= 11 is 4.55. The van der Waals surface area contributed by atoms with Gasteiger partial charge in [0.15, 0.2) is 11.5 Å². The molecule has 1 fully saturated rings. The first-order valence-electron chi connectivity index (χ1n) is 12.7. The fourth-order valence-corrected chi connectivity index (χ4v) is 6.25. The Morgan fingerprint density at radius 3 is 2.42 bits per heavy atom. The maximum Gasteiger partial charge on any atom is 0.293 e. The fourth-order valence-electron chi connectivity index (χ4n) is 4.84. The molecule has 1 aliphatic rings. The van der Waals surface area contributed by atoms with Gasteiger partial charge in [-0.25, -0.2) is 0 Å². The lowest BCUT2D eigenvalue weighted by atomic mass is 10.0. The molecular formula is C33H24BrNO4S. The van der Waals surface area contributed by atoms with Crippen molar-refractivity contribution in [3.63, 3.8) is 0 Å². The van der Waals surface area contributed by atoms with Gasteiger partial charge in [-0.15, -0.1) is 0 Å². The molecule has 0 radical (unpaired) electrons. The third-order valence-electron chi connectivity index (χ3n) is 6.83. The summed E-state index contributed by atoms with van der Waals surface area (Å²) < 4.78 is 12.5. The minimum absolute atomic E-state index is 0.220. The molecule has 1 aliphatic heterocycles. The third-order valence-corrected chi connectivity index (χ3v) is 8.32. The Hall–Kier alpha value is -4.07. The second kappa shape index (κ2) is 11.2. The van der Waals surface area contributed by atoms with Gasteiger partial charge in [-0.05, 0) is 90.2 Å². The van der Waals surface area contributed by atoms with E-state index in [1.54, 1.807) is 19.3 Å². The lowest BCUT2D eigenvalue weighted by molar-refractivity contribution is -0.123. The van der Waals surface area contributed by atoms with Gasteiger partial charge in [-0.2, -0.15) is 0 Å². The first-order chi connectivity index (χ1) is 19.5. The van der Waals surface area contributed by atoms with Crippen LogP contribution in [0.3, 0.4) is 0 Å². The van der Waals surface area contributed by atoms with Gasteiger partial charge < -0.3 is 9.47 Å². The number of ether oxygens (including phenoxy) is 2. The number of carbonyl (C=O) groups excluding carboxylic acids is 2. The van der Waals surface area contributed by atoms with Crippen molar-refractivity contribution in [1.29, 1.82) is 0 Å². The van der Waals surface area contributed by atoms with Crippen LogP contribution in [0.4, 0.5) is 4.79 Å². The molecule has 5 nitrogen and oxygen atoms in total.